The average Bonchev–Trinajstić information content (AvgIpc) is 2.43. The molecule has 104 valence electrons. The quantitative estimate of drug-likeness (QED) is 0.944. The molecule has 2 rings (SSSR count). The van der Waals surface area contributed by atoms with E-state index >= 15 is 0 Å². The molecule has 1 aromatic carbocycles. The summed E-state index contributed by atoms with van der Waals surface area (Å²) in [5.41, 5.74) is 0.983. The van der Waals surface area contributed by atoms with Gasteiger partial charge in [0.1, 0.15) is 6.04 Å². The third kappa shape index (κ3) is 3.24. The predicted molar refractivity (Wildman–Crippen MR) is 78.0 cm³/mol. The molecular formula is C14H14ClN3O2. The van der Waals surface area contributed by atoms with Gasteiger partial charge >= 0.3 is 0 Å². The molecule has 1 unspecified atom stereocenters. The van der Waals surface area contributed by atoms with Crippen molar-refractivity contribution < 1.29 is 4.79 Å². The van der Waals surface area contributed by atoms with Gasteiger partial charge in [-0.3, -0.25) is 9.59 Å². The maximum absolute atomic E-state index is 12.1. The number of aromatic nitrogens is 2. The van der Waals surface area contributed by atoms with Crippen LogP contribution in [-0.2, 0) is 4.79 Å². The number of anilines is 1. The van der Waals surface area contributed by atoms with Crippen molar-refractivity contribution in [1.29, 1.82) is 0 Å². The number of carbonyl (C=O) groups is 1. The number of halogens is 1. The highest BCUT2D eigenvalue weighted by molar-refractivity contribution is 6.30. The van der Waals surface area contributed by atoms with Crippen LogP contribution >= 0.6 is 11.6 Å². The number of hydrogen-bond acceptors (Lipinski definition) is 3. The van der Waals surface area contributed by atoms with E-state index in [-0.39, 0.29) is 11.5 Å². The van der Waals surface area contributed by atoms with Crippen molar-refractivity contribution in [3.05, 3.63) is 57.5 Å². The Labute approximate surface area is 121 Å². The molecule has 0 radical (unpaired) electrons. The molecule has 0 bridgehead atoms. The monoisotopic (exact) mass is 291 g/mol. The van der Waals surface area contributed by atoms with Crippen molar-refractivity contribution in [2.45, 2.75) is 19.9 Å². The lowest BCUT2D eigenvalue weighted by Crippen LogP contribution is -2.33. The van der Waals surface area contributed by atoms with Crippen LogP contribution in [0.4, 0.5) is 5.69 Å². The fourth-order valence-corrected chi connectivity index (χ4v) is 1.82. The second-order valence-corrected chi connectivity index (χ2v) is 4.87. The number of nitrogens with zero attached hydrogens (tertiary/aromatic N) is 2. The Morgan fingerprint density at radius 1 is 1.25 bits per heavy atom. The van der Waals surface area contributed by atoms with Gasteiger partial charge in [0.25, 0.3) is 5.56 Å². The van der Waals surface area contributed by atoms with E-state index in [1.54, 1.807) is 44.2 Å². The number of hydrogen-bond donors (Lipinski definition) is 1. The molecule has 6 heteroatoms. The first-order valence-electron chi connectivity index (χ1n) is 6.10. The SMILES string of the molecule is Cc1ccc(=O)n(C(C)C(=O)Nc2ccc(Cl)cc2)n1. The van der Waals surface area contributed by atoms with E-state index in [9.17, 15) is 9.59 Å². The molecular weight excluding hydrogens is 278 g/mol. The molecule has 0 spiro atoms. The summed E-state index contributed by atoms with van der Waals surface area (Å²) in [6.07, 6.45) is 0. The second kappa shape index (κ2) is 5.88. The van der Waals surface area contributed by atoms with E-state index in [1.165, 1.54) is 10.7 Å². The molecule has 1 N–H and O–H groups in total. The standard InChI is InChI=1S/C14H14ClN3O2/c1-9-3-8-13(19)18(17-9)10(2)14(20)16-12-6-4-11(15)5-7-12/h3-8,10H,1-2H3,(H,16,20). The zero-order valence-electron chi connectivity index (χ0n) is 11.1. The third-order valence-electron chi connectivity index (χ3n) is 2.82. The Morgan fingerprint density at radius 3 is 2.55 bits per heavy atom. The number of carbonyl (C=O) groups excluding carboxylic acids is 1. The molecule has 1 heterocycles. The highest BCUT2D eigenvalue weighted by atomic mass is 35.5. The molecule has 0 fully saturated rings. The molecule has 1 atom stereocenters. The summed E-state index contributed by atoms with van der Waals surface area (Å²) < 4.78 is 1.17. The Kier molecular flexibility index (Phi) is 4.20. The van der Waals surface area contributed by atoms with Gasteiger partial charge < -0.3 is 5.32 Å². The number of amides is 1. The van der Waals surface area contributed by atoms with Crippen LogP contribution in [0.3, 0.4) is 0 Å². The van der Waals surface area contributed by atoms with E-state index in [0.29, 0.717) is 16.4 Å². The summed E-state index contributed by atoms with van der Waals surface area (Å²) in [7, 11) is 0. The topological polar surface area (TPSA) is 64.0 Å². The van der Waals surface area contributed by atoms with Crippen LogP contribution in [0.1, 0.15) is 18.7 Å². The normalized spacial score (nSPS) is 11.9. The summed E-state index contributed by atoms with van der Waals surface area (Å²) in [4.78, 5) is 23.8. The van der Waals surface area contributed by atoms with Crippen LogP contribution < -0.4 is 10.9 Å². The minimum absolute atomic E-state index is 0.311. The van der Waals surface area contributed by atoms with Gasteiger partial charge in [-0.05, 0) is 44.2 Å². The maximum Gasteiger partial charge on any atom is 0.267 e. The lowest BCUT2D eigenvalue weighted by atomic mass is 10.2. The van der Waals surface area contributed by atoms with Crippen LogP contribution in [0.25, 0.3) is 0 Å². The predicted octanol–water partition coefficient (Wildman–Crippen LogP) is 2.40. The van der Waals surface area contributed by atoms with E-state index in [2.05, 4.69) is 10.4 Å². The zero-order chi connectivity index (χ0) is 14.7. The van der Waals surface area contributed by atoms with Crippen LogP contribution in [0.15, 0.2) is 41.2 Å². The van der Waals surface area contributed by atoms with Gasteiger partial charge in [-0.2, -0.15) is 5.10 Å². The Hall–Kier alpha value is -2.14. The van der Waals surface area contributed by atoms with Crippen molar-refractivity contribution in [1.82, 2.24) is 9.78 Å². The van der Waals surface area contributed by atoms with Crippen LogP contribution in [0, 0.1) is 6.92 Å². The van der Waals surface area contributed by atoms with Crippen molar-refractivity contribution >= 4 is 23.2 Å². The first-order chi connectivity index (χ1) is 9.47. The van der Waals surface area contributed by atoms with Gasteiger partial charge in [-0.15, -0.1) is 0 Å². The zero-order valence-corrected chi connectivity index (χ0v) is 11.9. The Balaban J connectivity index is 2.18. The lowest BCUT2D eigenvalue weighted by Gasteiger charge is -2.14. The minimum Gasteiger partial charge on any atom is -0.324 e. The van der Waals surface area contributed by atoms with E-state index in [0.717, 1.165) is 0 Å². The van der Waals surface area contributed by atoms with E-state index < -0.39 is 6.04 Å². The van der Waals surface area contributed by atoms with Crippen molar-refractivity contribution in [3.8, 4) is 0 Å². The lowest BCUT2D eigenvalue weighted by molar-refractivity contribution is -0.119. The van der Waals surface area contributed by atoms with Gasteiger partial charge in [0.05, 0.1) is 5.69 Å². The fourth-order valence-electron chi connectivity index (χ4n) is 1.69. The summed E-state index contributed by atoms with van der Waals surface area (Å²) >= 11 is 5.78. The second-order valence-electron chi connectivity index (χ2n) is 4.43. The van der Waals surface area contributed by atoms with E-state index in [4.69, 9.17) is 11.6 Å². The highest BCUT2D eigenvalue weighted by Crippen LogP contribution is 2.14. The van der Waals surface area contributed by atoms with Gasteiger partial charge in [0, 0.05) is 16.8 Å². The summed E-state index contributed by atoms with van der Waals surface area (Å²) in [5.74, 6) is -0.312. The fraction of sp³-hybridized carbons (Fsp3) is 0.214. The molecule has 1 aromatic heterocycles. The summed E-state index contributed by atoms with van der Waals surface area (Å²) in [6.45, 7) is 3.39. The average molecular weight is 292 g/mol. The number of rotatable bonds is 3. The van der Waals surface area contributed by atoms with E-state index in [1.807, 2.05) is 0 Å². The summed E-state index contributed by atoms with van der Waals surface area (Å²) in [5, 5.41) is 7.38. The van der Waals surface area contributed by atoms with Crippen LogP contribution in [0.2, 0.25) is 5.02 Å². The maximum atomic E-state index is 12.1. The minimum atomic E-state index is -0.696. The molecule has 0 saturated carbocycles. The van der Waals surface area contributed by atoms with Gasteiger partial charge in [-0.1, -0.05) is 11.6 Å². The molecule has 0 saturated heterocycles. The smallest absolute Gasteiger partial charge is 0.267 e. The largest absolute Gasteiger partial charge is 0.324 e. The third-order valence-corrected chi connectivity index (χ3v) is 3.07. The number of nitrogens with one attached hydrogen (secondary N) is 1. The molecule has 20 heavy (non-hydrogen) atoms. The Bertz CT molecular complexity index is 680. The van der Waals surface area contributed by atoms with Gasteiger partial charge in [0.2, 0.25) is 5.91 Å². The molecule has 2 aromatic rings. The van der Waals surface area contributed by atoms with Gasteiger partial charge in [0.15, 0.2) is 0 Å². The molecule has 0 aliphatic heterocycles. The first-order valence-corrected chi connectivity index (χ1v) is 6.48. The Morgan fingerprint density at radius 2 is 1.90 bits per heavy atom. The van der Waals surface area contributed by atoms with Crippen molar-refractivity contribution in [2.24, 2.45) is 0 Å². The number of benzene rings is 1. The van der Waals surface area contributed by atoms with Crippen LogP contribution in [-0.4, -0.2) is 15.7 Å². The van der Waals surface area contributed by atoms with Crippen molar-refractivity contribution in [2.75, 3.05) is 5.32 Å². The van der Waals surface area contributed by atoms with Crippen molar-refractivity contribution in [3.63, 3.8) is 0 Å². The summed E-state index contributed by atoms with van der Waals surface area (Å²) in [6, 6.07) is 9.06. The molecule has 1 amide bonds. The van der Waals surface area contributed by atoms with Crippen LogP contribution in [0.5, 0.6) is 0 Å². The highest BCUT2D eigenvalue weighted by Gasteiger charge is 2.17. The number of aryl methyl sites for hydroxylation is 1. The molecule has 0 aliphatic rings. The molecule has 5 nitrogen and oxygen atoms in total. The van der Waals surface area contributed by atoms with Gasteiger partial charge in [-0.25, -0.2) is 4.68 Å². The first kappa shape index (κ1) is 14.3. The molecule has 0 aliphatic carbocycles.